The molecule has 7 heteroatoms. The lowest BCUT2D eigenvalue weighted by atomic mass is 10.0. The number of ether oxygens (including phenoxy) is 1. The molecule has 1 atom stereocenters. The molecule has 25 heavy (non-hydrogen) atoms. The van der Waals surface area contributed by atoms with Crippen molar-refractivity contribution in [3.63, 3.8) is 0 Å². The van der Waals surface area contributed by atoms with E-state index in [0.717, 1.165) is 43.6 Å². The van der Waals surface area contributed by atoms with Crippen LogP contribution in [-0.2, 0) is 10.3 Å². The van der Waals surface area contributed by atoms with Gasteiger partial charge in [-0.2, -0.15) is 0 Å². The number of thiophene rings is 1. The molecule has 5 nitrogen and oxygen atoms in total. The number of hydrogen-bond acceptors (Lipinski definition) is 4. The first-order chi connectivity index (χ1) is 11.5. The van der Waals surface area contributed by atoms with Gasteiger partial charge in [0.15, 0.2) is 5.96 Å². The molecule has 1 aromatic heterocycles. The molecule has 1 unspecified atom stereocenters. The first-order valence-electron chi connectivity index (χ1n) is 8.88. The standard InChI is InChI=1S/C18H31N3O2S.HI/c1-4-19-16(20-13-17(3,22)15-7-6-12-24-15)21-14-18(8-9-18)10-11-23-5-2;/h6-7,12,22H,4-5,8-11,13-14H2,1-3H3,(H2,19,20,21);1H. The fourth-order valence-corrected chi connectivity index (χ4v) is 3.41. The molecule has 0 amide bonds. The highest BCUT2D eigenvalue weighted by molar-refractivity contribution is 14.0. The van der Waals surface area contributed by atoms with Crippen LogP contribution in [0.1, 0.15) is 44.9 Å². The number of aliphatic imine (C=N–C) groups is 1. The van der Waals surface area contributed by atoms with Gasteiger partial charge in [-0.15, -0.1) is 35.3 Å². The Morgan fingerprint density at radius 3 is 2.72 bits per heavy atom. The maximum Gasteiger partial charge on any atom is 0.191 e. The van der Waals surface area contributed by atoms with Crippen LogP contribution in [0, 0.1) is 5.41 Å². The number of rotatable bonds is 10. The van der Waals surface area contributed by atoms with Crippen molar-refractivity contribution >= 4 is 41.3 Å². The summed E-state index contributed by atoms with van der Waals surface area (Å²) in [5, 5.41) is 19.3. The lowest BCUT2D eigenvalue weighted by Crippen LogP contribution is -2.41. The van der Waals surface area contributed by atoms with E-state index < -0.39 is 5.60 Å². The third-order valence-electron chi connectivity index (χ3n) is 4.51. The largest absolute Gasteiger partial charge is 0.383 e. The molecule has 0 bridgehead atoms. The van der Waals surface area contributed by atoms with Crippen LogP contribution in [0.3, 0.4) is 0 Å². The van der Waals surface area contributed by atoms with Crippen molar-refractivity contribution in [2.45, 2.75) is 45.6 Å². The topological polar surface area (TPSA) is 65.9 Å². The van der Waals surface area contributed by atoms with Gasteiger partial charge in [0.2, 0.25) is 0 Å². The molecule has 1 heterocycles. The van der Waals surface area contributed by atoms with Crippen LogP contribution >= 0.6 is 35.3 Å². The minimum absolute atomic E-state index is 0. The fourth-order valence-electron chi connectivity index (χ4n) is 2.63. The Morgan fingerprint density at radius 1 is 1.40 bits per heavy atom. The second-order valence-corrected chi connectivity index (χ2v) is 7.69. The predicted octanol–water partition coefficient (Wildman–Crippen LogP) is 3.34. The molecule has 0 spiro atoms. The zero-order chi connectivity index (χ0) is 17.5. The molecule has 1 aliphatic carbocycles. The fraction of sp³-hybridized carbons (Fsp3) is 0.722. The molecule has 1 aliphatic rings. The molecule has 1 saturated carbocycles. The van der Waals surface area contributed by atoms with Gasteiger partial charge in [-0.1, -0.05) is 6.07 Å². The summed E-state index contributed by atoms with van der Waals surface area (Å²) >= 11 is 1.56. The van der Waals surface area contributed by atoms with E-state index >= 15 is 0 Å². The summed E-state index contributed by atoms with van der Waals surface area (Å²) in [5.74, 6) is 0.775. The molecular weight excluding hydrogens is 449 g/mol. The Morgan fingerprint density at radius 2 is 2.16 bits per heavy atom. The third-order valence-corrected chi connectivity index (χ3v) is 5.63. The van der Waals surface area contributed by atoms with Crippen LogP contribution in [0.2, 0.25) is 0 Å². The van der Waals surface area contributed by atoms with Crippen LogP contribution in [-0.4, -0.2) is 43.9 Å². The number of guanidine groups is 1. The summed E-state index contributed by atoms with van der Waals surface area (Å²) in [5.41, 5.74) is -0.565. The van der Waals surface area contributed by atoms with Gasteiger partial charge in [0.05, 0.1) is 6.54 Å². The Hall–Kier alpha value is -0.380. The zero-order valence-electron chi connectivity index (χ0n) is 15.5. The van der Waals surface area contributed by atoms with E-state index in [1.165, 1.54) is 12.8 Å². The lowest BCUT2D eigenvalue weighted by Gasteiger charge is -2.22. The molecule has 0 aromatic carbocycles. The summed E-state index contributed by atoms with van der Waals surface area (Å²) in [6.07, 6.45) is 3.60. The summed E-state index contributed by atoms with van der Waals surface area (Å²) in [6.45, 7) is 9.57. The van der Waals surface area contributed by atoms with Gasteiger partial charge >= 0.3 is 0 Å². The van der Waals surface area contributed by atoms with E-state index in [2.05, 4.69) is 22.5 Å². The van der Waals surface area contributed by atoms with Crippen molar-refractivity contribution in [2.75, 3.05) is 32.8 Å². The monoisotopic (exact) mass is 481 g/mol. The average Bonchev–Trinajstić information content (AvgIpc) is 3.10. The van der Waals surface area contributed by atoms with Crippen molar-refractivity contribution in [3.05, 3.63) is 22.4 Å². The van der Waals surface area contributed by atoms with Crippen molar-refractivity contribution in [3.8, 4) is 0 Å². The normalized spacial score (nSPS) is 18.2. The van der Waals surface area contributed by atoms with Gasteiger partial charge < -0.3 is 20.5 Å². The van der Waals surface area contributed by atoms with Crippen molar-refractivity contribution < 1.29 is 9.84 Å². The van der Waals surface area contributed by atoms with Gasteiger partial charge in [0, 0.05) is 31.2 Å². The Kier molecular flexibility index (Phi) is 9.69. The lowest BCUT2D eigenvalue weighted by molar-refractivity contribution is 0.0711. The molecular formula is C18H32IN3O2S. The van der Waals surface area contributed by atoms with Crippen LogP contribution in [0.5, 0.6) is 0 Å². The highest BCUT2D eigenvalue weighted by atomic mass is 127. The van der Waals surface area contributed by atoms with Gasteiger partial charge in [-0.3, -0.25) is 0 Å². The predicted molar refractivity (Wildman–Crippen MR) is 116 cm³/mol. The van der Waals surface area contributed by atoms with E-state index in [9.17, 15) is 5.11 Å². The number of halogens is 1. The number of hydrogen-bond donors (Lipinski definition) is 3. The number of nitrogens with one attached hydrogen (secondary N) is 2. The van der Waals surface area contributed by atoms with Crippen molar-refractivity contribution in [1.82, 2.24) is 10.6 Å². The summed E-state index contributed by atoms with van der Waals surface area (Å²) in [7, 11) is 0. The smallest absolute Gasteiger partial charge is 0.191 e. The molecule has 0 saturated heterocycles. The molecule has 0 radical (unpaired) electrons. The summed E-state index contributed by atoms with van der Waals surface area (Å²) in [4.78, 5) is 5.53. The van der Waals surface area contributed by atoms with Gasteiger partial charge in [-0.05, 0) is 56.9 Å². The van der Waals surface area contributed by atoms with Crippen LogP contribution in [0.15, 0.2) is 22.5 Å². The van der Waals surface area contributed by atoms with E-state index in [1.54, 1.807) is 11.3 Å². The number of nitrogens with zero attached hydrogens (tertiary/aromatic N) is 1. The van der Waals surface area contributed by atoms with Crippen LogP contribution < -0.4 is 10.6 Å². The molecule has 1 fully saturated rings. The second-order valence-electron chi connectivity index (χ2n) is 6.75. The first kappa shape index (κ1) is 22.7. The quantitative estimate of drug-likeness (QED) is 0.208. The highest BCUT2D eigenvalue weighted by Gasteiger charge is 2.42. The highest BCUT2D eigenvalue weighted by Crippen LogP contribution is 2.48. The van der Waals surface area contributed by atoms with Crippen molar-refractivity contribution in [2.24, 2.45) is 10.4 Å². The molecule has 2 rings (SSSR count). The molecule has 3 N–H and O–H groups in total. The Balaban J connectivity index is 0.00000312. The average molecular weight is 481 g/mol. The second kappa shape index (κ2) is 10.7. The van der Waals surface area contributed by atoms with Crippen LogP contribution in [0.4, 0.5) is 0 Å². The Bertz CT molecular complexity index is 516. The van der Waals surface area contributed by atoms with Crippen LogP contribution in [0.25, 0.3) is 0 Å². The maximum atomic E-state index is 10.6. The SMILES string of the molecule is CCNC(=NCC(C)(O)c1cccs1)NCC1(CCOCC)CC1.I. The van der Waals surface area contributed by atoms with Gasteiger partial charge in [-0.25, -0.2) is 4.99 Å². The van der Waals surface area contributed by atoms with Gasteiger partial charge in [0.25, 0.3) is 0 Å². The molecule has 0 aliphatic heterocycles. The number of aliphatic hydroxyl groups is 1. The third kappa shape index (κ3) is 7.40. The maximum absolute atomic E-state index is 10.6. The molecule has 1 aromatic rings. The van der Waals surface area contributed by atoms with Crippen molar-refractivity contribution in [1.29, 1.82) is 0 Å². The minimum atomic E-state index is -0.928. The van der Waals surface area contributed by atoms with E-state index in [1.807, 2.05) is 31.4 Å². The van der Waals surface area contributed by atoms with E-state index in [0.29, 0.717) is 12.0 Å². The minimum Gasteiger partial charge on any atom is -0.383 e. The summed E-state index contributed by atoms with van der Waals surface area (Å²) in [6, 6.07) is 3.91. The van der Waals surface area contributed by atoms with E-state index in [-0.39, 0.29) is 24.0 Å². The zero-order valence-corrected chi connectivity index (χ0v) is 18.7. The molecule has 144 valence electrons. The van der Waals surface area contributed by atoms with E-state index in [4.69, 9.17) is 4.74 Å². The Labute approximate surface area is 172 Å². The first-order valence-corrected chi connectivity index (χ1v) is 9.75. The summed E-state index contributed by atoms with van der Waals surface area (Å²) < 4.78 is 5.49. The van der Waals surface area contributed by atoms with Gasteiger partial charge in [0.1, 0.15) is 5.60 Å².